The van der Waals surface area contributed by atoms with E-state index in [9.17, 15) is 4.79 Å². The molecule has 0 amide bonds. The summed E-state index contributed by atoms with van der Waals surface area (Å²) in [5.41, 5.74) is 5.72. The number of hydrogen-bond donors (Lipinski definition) is 2. The van der Waals surface area contributed by atoms with E-state index >= 15 is 0 Å². The second-order valence-electron chi connectivity index (χ2n) is 3.44. The fraction of sp³-hybridized carbons (Fsp3) is 0.333. The SMILES string of the molecule is CON=C(C(=O)ON1N=C(C)SC1S)c1csc(N)n1. The second kappa shape index (κ2) is 6.33. The number of hydrogen-bond acceptors (Lipinski definition) is 11. The van der Waals surface area contributed by atoms with Crippen LogP contribution in [-0.4, -0.2) is 38.7 Å². The first-order valence-electron chi connectivity index (χ1n) is 5.25. The molecule has 8 nitrogen and oxygen atoms in total. The number of thioether (sulfide) groups is 1. The number of thiol groups is 1. The molecule has 1 atom stereocenters. The molecule has 1 unspecified atom stereocenters. The lowest BCUT2D eigenvalue weighted by atomic mass is 10.3. The van der Waals surface area contributed by atoms with Crippen molar-refractivity contribution in [3.05, 3.63) is 11.1 Å². The zero-order valence-electron chi connectivity index (χ0n) is 10.5. The number of hydroxylamine groups is 1. The maximum absolute atomic E-state index is 12.1. The van der Waals surface area contributed by atoms with Crippen molar-refractivity contribution >= 4 is 57.6 Å². The largest absolute Gasteiger partial charge is 0.398 e. The highest BCUT2D eigenvalue weighted by molar-refractivity contribution is 8.21. The van der Waals surface area contributed by atoms with Crippen molar-refractivity contribution in [1.29, 1.82) is 0 Å². The molecule has 1 aromatic rings. The molecule has 1 aliphatic rings. The van der Waals surface area contributed by atoms with Gasteiger partial charge in [-0.1, -0.05) is 22.1 Å². The molecule has 2 N–H and O–H groups in total. The van der Waals surface area contributed by atoms with Gasteiger partial charge in [0.15, 0.2) is 9.84 Å². The minimum Gasteiger partial charge on any atom is -0.398 e. The van der Waals surface area contributed by atoms with E-state index in [2.05, 4.69) is 32.7 Å². The molecule has 1 aliphatic heterocycles. The molecule has 0 aliphatic carbocycles. The molecule has 108 valence electrons. The van der Waals surface area contributed by atoms with Gasteiger partial charge in [0.25, 0.3) is 0 Å². The van der Waals surface area contributed by atoms with E-state index in [1.165, 1.54) is 30.2 Å². The van der Waals surface area contributed by atoms with Crippen molar-refractivity contribution in [2.75, 3.05) is 12.8 Å². The maximum Gasteiger partial charge on any atom is 0.389 e. The van der Waals surface area contributed by atoms with Crippen LogP contribution < -0.4 is 5.73 Å². The lowest BCUT2D eigenvalue weighted by molar-refractivity contribution is -0.178. The first-order chi connectivity index (χ1) is 9.51. The van der Waals surface area contributed by atoms with Gasteiger partial charge < -0.3 is 15.4 Å². The lowest BCUT2D eigenvalue weighted by Crippen LogP contribution is -2.29. The van der Waals surface area contributed by atoms with Gasteiger partial charge in [0, 0.05) is 5.38 Å². The molecule has 2 rings (SSSR count). The van der Waals surface area contributed by atoms with Gasteiger partial charge >= 0.3 is 5.97 Å². The maximum atomic E-state index is 12.1. The lowest BCUT2D eigenvalue weighted by Gasteiger charge is -2.16. The number of carbonyl (C=O) groups excluding carboxylic acids is 1. The molecule has 0 radical (unpaired) electrons. The predicted octanol–water partition coefficient (Wildman–Crippen LogP) is 1.13. The van der Waals surface area contributed by atoms with Gasteiger partial charge in [-0.25, -0.2) is 9.78 Å². The van der Waals surface area contributed by atoms with Crippen LogP contribution in [0.1, 0.15) is 12.6 Å². The third-order valence-corrected chi connectivity index (χ3v) is 4.02. The van der Waals surface area contributed by atoms with Crippen LogP contribution in [-0.2, 0) is 14.5 Å². The van der Waals surface area contributed by atoms with Crippen LogP contribution in [0.4, 0.5) is 5.13 Å². The molecule has 20 heavy (non-hydrogen) atoms. The van der Waals surface area contributed by atoms with Crippen LogP contribution in [0.3, 0.4) is 0 Å². The van der Waals surface area contributed by atoms with Crippen LogP contribution in [0.2, 0.25) is 0 Å². The Balaban J connectivity index is 2.15. The summed E-state index contributed by atoms with van der Waals surface area (Å²) in [6, 6.07) is 0. The normalized spacial score (nSPS) is 18.9. The van der Waals surface area contributed by atoms with Crippen LogP contribution in [0.15, 0.2) is 15.6 Å². The Kier molecular flexibility index (Phi) is 4.73. The molecule has 0 bridgehead atoms. The van der Waals surface area contributed by atoms with E-state index in [-0.39, 0.29) is 11.4 Å². The molecule has 2 heterocycles. The van der Waals surface area contributed by atoms with E-state index in [1.807, 2.05) is 0 Å². The monoisotopic (exact) mass is 333 g/mol. The summed E-state index contributed by atoms with van der Waals surface area (Å²) in [7, 11) is 1.32. The van der Waals surface area contributed by atoms with E-state index in [1.54, 1.807) is 12.3 Å². The van der Waals surface area contributed by atoms with Gasteiger partial charge in [-0.2, -0.15) is 0 Å². The summed E-state index contributed by atoms with van der Waals surface area (Å²) < 4.78 is -0.400. The van der Waals surface area contributed by atoms with Crippen LogP contribution >= 0.6 is 35.7 Å². The zero-order chi connectivity index (χ0) is 14.7. The first-order valence-corrected chi connectivity index (χ1v) is 7.53. The highest BCUT2D eigenvalue weighted by Gasteiger charge is 2.29. The molecule has 0 fully saturated rings. The number of hydrazone groups is 1. The number of nitrogens with two attached hydrogens (primary N) is 1. The van der Waals surface area contributed by atoms with Crippen molar-refractivity contribution in [2.45, 2.75) is 11.6 Å². The average molecular weight is 333 g/mol. The third-order valence-electron chi connectivity index (χ3n) is 2.02. The zero-order valence-corrected chi connectivity index (χ0v) is 13.0. The molecule has 0 saturated heterocycles. The summed E-state index contributed by atoms with van der Waals surface area (Å²) in [5, 5.41) is 11.3. The summed E-state index contributed by atoms with van der Waals surface area (Å²) in [6.45, 7) is 1.78. The number of aromatic nitrogens is 1. The number of nitrogen functional groups attached to an aromatic ring is 1. The Hall–Kier alpha value is -1.46. The Morgan fingerprint density at radius 3 is 2.90 bits per heavy atom. The van der Waals surface area contributed by atoms with Gasteiger partial charge in [-0.3, -0.25) is 0 Å². The van der Waals surface area contributed by atoms with Gasteiger partial charge in [0.05, 0.1) is 5.04 Å². The topological polar surface area (TPSA) is 102 Å². The smallest absolute Gasteiger partial charge is 0.389 e. The Bertz CT molecular complexity index is 573. The summed E-state index contributed by atoms with van der Waals surface area (Å²) in [4.78, 5) is 25.8. The number of thiazole rings is 1. The number of rotatable bonds is 4. The minimum atomic E-state index is -0.754. The van der Waals surface area contributed by atoms with Crippen molar-refractivity contribution < 1.29 is 14.5 Å². The van der Waals surface area contributed by atoms with Gasteiger partial charge in [-0.15, -0.1) is 29.1 Å². The highest BCUT2D eigenvalue weighted by Crippen LogP contribution is 2.28. The number of carbonyl (C=O) groups is 1. The molecule has 0 spiro atoms. The quantitative estimate of drug-likeness (QED) is 0.484. The Morgan fingerprint density at radius 2 is 2.40 bits per heavy atom. The van der Waals surface area contributed by atoms with Crippen LogP contribution in [0.25, 0.3) is 0 Å². The summed E-state index contributed by atoms with van der Waals surface area (Å²) in [6.07, 6.45) is 0. The van der Waals surface area contributed by atoms with Gasteiger partial charge in [-0.05, 0) is 6.92 Å². The van der Waals surface area contributed by atoms with Crippen molar-refractivity contribution in [3.8, 4) is 0 Å². The van der Waals surface area contributed by atoms with E-state index in [4.69, 9.17) is 10.6 Å². The fourth-order valence-electron chi connectivity index (χ4n) is 1.28. The van der Waals surface area contributed by atoms with Crippen molar-refractivity contribution in [2.24, 2.45) is 10.3 Å². The first kappa shape index (κ1) is 14.9. The Morgan fingerprint density at radius 1 is 1.65 bits per heavy atom. The average Bonchev–Trinajstić information content (AvgIpc) is 2.93. The summed E-state index contributed by atoms with van der Waals surface area (Å²) in [5.74, 6) is -0.754. The molecule has 1 aromatic heterocycles. The number of anilines is 1. The van der Waals surface area contributed by atoms with Crippen LogP contribution in [0, 0.1) is 0 Å². The second-order valence-corrected chi connectivity index (χ2v) is 6.44. The van der Waals surface area contributed by atoms with Gasteiger partial charge in [0.1, 0.15) is 12.8 Å². The van der Waals surface area contributed by atoms with E-state index < -0.39 is 10.7 Å². The van der Waals surface area contributed by atoms with E-state index in [0.717, 1.165) is 10.2 Å². The minimum absolute atomic E-state index is 0.0919. The van der Waals surface area contributed by atoms with Crippen molar-refractivity contribution in [1.82, 2.24) is 10.2 Å². The van der Waals surface area contributed by atoms with Gasteiger partial charge in [0.2, 0.25) is 5.71 Å². The van der Waals surface area contributed by atoms with E-state index in [0.29, 0.717) is 5.13 Å². The fourth-order valence-corrected chi connectivity index (χ4v) is 3.00. The number of nitrogens with zero attached hydrogens (tertiary/aromatic N) is 4. The molecular formula is C9H11N5O3S3. The van der Waals surface area contributed by atoms with Crippen molar-refractivity contribution in [3.63, 3.8) is 0 Å². The molecule has 0 aromatic carbocycles. The Labute approximate surface area is 128 Å². The standard InChI is InChI=1S/C9H11N5O3S3/c1-4-12-14(9(18)20-4)17-7(15)6(13-16-2)5-3-19-8(10)11-5/h3,9,18H,1-2H3,(H2,10,11). The van der Waals surface area contributed by atoms with Crippen LogP contribution in [0.5, 0.6) is 0 Å². The molecule has 11 heteroatoms. The third kappa shape index (κ3) is 3.35. The highest BCUT2D eigenvalue weighted by atomic mass is 32.2. The molecule has 0 saturated carbocycles. The predicted molar refractivity (Wildman–Crippen MR) is 81.5 cm³/mol. The number of oxime groups is 1. The summed E-state index contributed by atoms with van der Waals surface area (Å²) >= 11 is 6.76. The molecular weight excluding hydrogens is 322 g/mol.